The minimum absolute atomic E-state index is 0.0701. The van der Waals surface area contributed by atoms with E-state index in [4.69, 9.17) is 4.74 Å². The summed E-state index contributed by atoms with van der Waals surface area (Å²) in [6, 6.07) is 28.9. The molecular weight excluding hydrogens is 378 g/mol. The third kappa shape index (κ3) is 3.42. The van der Waals surface area contributed by atoms with Crippen LogP contribution in [-0.4, -0.2) is 24.1 Å². The molecule has 146 valence electrons. The Balaban J connectivity index is 1.34. The maximum absolute atomic E-state index is 12.6. The van der Waals surface area contributed by atoms with Gasteiger partial charge < -0.3 is 9.64 Å². The Bertz CT molecular complexity index is 998. The average molecular weight is 402 g/mol. The van der Waals surface area contributed by atoms with Gasteiger partial charge >= 0.3 is 6.09 Å². The first-order valence-electron chi connectivity index (χ1n) is 10.1. The number of carbonyl (C=O) groups is 1. The molecule has 3 aromatic carbocycles. The SMILES string of the molecule is O=C(Oc1ccccc1)N1CCC2(CC1)SC(c1ccccc1)c1ccccc12. The maximum atomic E-state index is 12.6. The Kier molecular flexibility index (Phi) is 4.80. The summed E-state index contributed by atoms with van der Waals surface area (Å²) in [5.74, 6) is 0.600. The molecule has 5 rings (SSSR count). The Morgan fingerprint density at radius 2 is 1.48 bits per heavy atom. The molecule has 0 aromatic heterocycles. The number of piperidine rings is 1. The van der Waals surface area contributed by atoms with Gasteiger partial charge in [-0.3, -0.25) is 0 Å². The van der Waals surface area contributed by atoms with Gasteiger partial charge in [0.1, 0.15) is 5.75 Å². The van der Waals surface area contributed by atoms with E-state index in [-0.39, 0.29) is 10.8 Å². The van der Waals surface area contributed by atoms with Gasteiger partial charge in [-0.2, -0.15) is 0 Å². The second-order valence-corrected chi connectivity index (χ2v) is 9.15. The van der Waals surface area contributed by atoms with Crippen molar-refractivity contribution >= 4 is 17.9 Å². The number of carbonyl (C=O) groups excluding carboxylic acids is 1. The highest BCUT2D eigenvalue weighted by Crippen LogP contribution is 2.61. The van der Waals surface area contributed by atoms with Crippen molar-refractivity contribution in [3.8, 4) is 5.75 Å². The van der Waals surface area contributed by atoms with Crippen LogP contribution in [0.2, 0.25) is 0 Å². The van der Waals surface area contributed by atoms with Gasteiger partial charge in [-0.25, -0.2) is 4.79 Å². The molecule has 0 N–H and O–H groups in total. The van der Waals surface area contributed by atoms with E-state index in [2.05, 4.69) is 66.4 Å². The standard InChI is InChI=1S/C25H23NO2S/c27-24(28-20-11-5-2-6-12-20)26-17-15-25(16-18-26)22-14-8-7-13-21(22)23(29-25)19-9-3-1-4-10-19/h1-14,23H,15-18H2. The molecule has 1 spiro atoms. The van der Waals surface area contributed by atoms with Gasteiger partial charge in [0, 0.05) is 17.8 Å². The summed E-state index contributed by atoms with van der Waals surface area (Å²) >= 11 is 2.05. The van der Waals surface area contributed by atoms with Crippen LogP contribution in [-0.2, 0) is 4.75 Å². The number of rotatable bonds is 2. The van der Waals surface area contributed by atoms with Crippen LogP contribution in [0.3, 0.4) is 0 Å². The fourth-order valence-electron chi connectivity index (χ4n) is 4.46. The summed E-state index contributed by atoms with van der Waals surface area (Å²) in [6.07, 6.45) is 1.64. The Morgan fingerprint density at radius 1 is 0.862 bits per heavy atom. The number of fused-ring (bicyclic) bond motifs is 2. The highest BCUT2D eigenvalue weighted by molar-refractivity contribution is 8.01. The number of ether oxygens (including phenoxy) is 1. The van der Waals surface area contributed by atoms with Crippen molar-refractivity contribution in [3.63, 3.8) is 0 Å². The third-order valence-electron chi connectivity index (χ3n) is 5.96. The van der Waals surface area contributed by atoms with Crippen molar-refractivity contribution < 1.29 is 9.53 Å². The molecule has 2 aliphatic rings. The molecule has 3 aromatic rings. The number of thioether (sulfide) groups is 1. The molecule has 3 nitrogen and oxygen atoms in total. The number of hydrogen-bond acceptors (Lipinski definition) is 3. The number of hydrogen-bond donors (Lipinski definition) is 0. The zero-order chi connectivity index (χ0) is 19.7. The number of para-hydroxylation sites is 1. The van der Waals surface area contributed by atoms with Crippen molar-refractivity contribution in [1.29, 1.82) is 0 Å². The molecule has 2 heterocycles. The number of nitrogens with zero attached hydrogens (tertiary/aromatic N) is 1. The van der Waals surface area contributed by atoms with Crippen LogP contribution in [0.1, 0.15) is 34.8 Å². The molecule has 1 fully saturated rings. The smallest absolute Gasteiger partial charge is 0.410 e. The number of benzene rings is 3. The van der Waals surface area contributed by atoms with E-state index in [0.29, 0.717) is 24.1 Å². The van der Waals surface area contributed by atoms with Crippen LogP contribution >= 0.6 is 11.8 Å². The van der Waals surface area contributed by atoms with Gasteiger partial charge in [0.05, 0.1) is 5.25 Å². The lowest BCUT2D eigenvalue weighted by molar-refractivity contribution is 0.135. The minimum Gasteiger partial charge on any atom is -0.410 e. The van der Waals surface area contributed by atoms with E-state index in [1.807, 2.05) is 35.2 Å². The predicted octanol–water partition coefficient (Wildman–Crippen LogP) is 6.01. The van der Waals surface area contributed by atoms with Gasteiger partial charge in [-0.1, -0.05) is 72.8 Å². The maximum Gasteiger partial charge on any atom is 0.415 e. The normalized spacial score (nSPS) is 19.7. The van der Waals surface area contributed by atoms with Crippen LogP contribution in [0.4, 0.5) is 4.79 Å². The van der Waals surface area contributed by atoms with Crippen LogP contribution in [0.5, 0.6) is 5.75 Å². The van der Waals surface area contributed by atoms with Gasteiger partial charge in [0.25, 0.3) is 0 Å². The molecule has 2 aliphatic heterocycles. The first-order chi connectivity index (χ1) is 14.3. The van der Waals surface area contributed by atoms with Crippen molar-refractivity contribution in [2.75, 3.05) is 13.1 Å². The van der Waals surface area contributed by atoms with E-state index in [1.165, 1.54) is 16.7 Å². The van der Waals surface area contributed by atoms with Crippen LogP contribution in [0.15, 0.2) is 84.9 Å². The topological polar surface area (TPSA) is 29.5 Å². The molecule has 1 atom stereocenters. The average Bonchev–Trinajstić information content (AvgIpc) is 3.10. The molecule has 0 bridgehead atoms. The molecular formula is C25H23NO2S. The van der Waals surface area contributed by atoms with Crippen molar-refractivity contribution in [3.05, 3.63) is 102 Å². The molecule has 1 unspecified atom stereocenters. The summed E-state index contributed by atoms with van der Waals surface area (Å²) in [6.45, 7) is 1.43. The summed E-state index contributed by atoms with van der Waals surface area (Å²) in [5.41, 5.74) is 4.21. The van der Waals surface area contributed by atoms with Crippen LogP contribution in [0.25, 0.3) is 0 Å². The van der Waals surface area contributed by atoms with E-state index in [1.54, 1.807) is 0 Å². The first-order valence-corrected chi connectivity index (χ1v) is 11.0. The summed E-state index contributed by atoms with van der Waals surface area (Å²) in [7, 11) is 0. The zero-order valence-corrected chi connectivity index (χ0v) is 17.0. The number of amides is 1. The Labute approximate surface area is 175 Å². The Morgan fingerprint density at radius 3 is 2.21 bits per heavy atom. The molecule has 4 heteroatoms. The molecule has 0 saturated carbocycles. The largest absolute Gasteiger partial charge is 0.415 e. The van der Waals surface area contributed by atoms with E-state index in [0.717, 1.165) is 12.8 Å². The molecule has 1 amide bonds. The quantitative estimate of drug-likeness (QED) is 0.526. The molecule has 29 heavy (non-hydrogen) atoms. The highest BCUT2D eigenvalue weighted by Gasteiger charge is 2.47. The van der Waals surface area contributed by atoms with Crippen molar-refractivity contribution in [2.45, 2.75) is 22.8 Å². The zero-order valence-electron chi connectivity index (χ0n) is 16.2. The lowest BCUT2D eigenvalue weighted by atomic mass is 9.84. The first kappa shape index (κ1) is 18.3. The summed E-state index contributed by atoms with van der Waals surface area (Å²) in [4.78, 5) is 14.4. The molecule has 1 saturated heterocycles. The molecule has 0 aliphatic carbocycles. The monoisotopic (exact) mass is 401 g/mol. The van der Waals surface area contributed by atoms with E-state index < -0.39 is 0 Å². The predicted molar refractivity (Wildman–Crippen MR) is 117 cm³/mol. The van der Waals surface area contributed by atoms with Gasteiger partial charge in [0.15, 0.2) is 0 Å². The van der Waals surface area contributed by atoms with Gasteiger partial charge in [0.2, 0.25) is 0 Å². The second-order valence-electron chi connectivity index (χ2n) is 7.66. The van der Waals surface area contributed by atoms with Gasteiger partial charge in [-0.15, -0.1) is 11.8 Å². The number of likely N-dealkylation sites (tertiary alicyclic amines) is 1. The fourth-order valence-corrected chi connectivity index (χ4v) is 6.27. The summed E-state index contributed by atoms with van der Waals surface area (Å²) in [5, 5.41) is 0.357. The lowest BCUT2D eigenvalue weighted by Crippen LogP contribution is -2.44. The fraction of sp³-hybridized carbons (Fsp3) is 0.240. The van der Waals surface area contributed by atoms with Gasteiger partial charge in [-0.05, 0) is 41.7 Å². The highest BCUT2D eigenvalue weighted by atomic mass is 32.2. The van der Waals surface area contributed by atoms with Crippen LogP contribution in [0, 0.1) is 0 Å². The van der Waals surface area contributed by atoms with E-state index >= 15 is 0 Å². The molecule has 0 radical (unpaired) electrons. The van der Waals surface area contributed by atoms with Crippen LogP contribution < -0.4 is 4.74 Å². The summed E-state index contributed by atoms with van der Waals surface area (Å²) < 4.78 is 5.62. The third-order valence-corrected chi connectivity index (χ3v) is 7.80. The minimum atomic E-state index is -0.248. The van der Waals surface area contributed by atoms with Crippen molar-refractivity contribution in [1.82, 2.24) is 4.90 Å². The van der Waals surface area contributed by atoms with E-state index in [9.17, 15) is 4.79 Å². The lowest BCUT2D eigenvalue weighted by Gasteiger charge is -2.39. The Hall–Kier alpha value is -2.72. The van der Waals surface area contributed by atoms with Crippen molar-refractivity contribution in [2.24, 2.45) is 0 Å². The second kappa shape index (κ2) is 7.60.